The van der Waals surface area contributed by atoms with E-state index in [1.807, 2.05) is 0 Å². The Morgan fingerprint density at radius 1 is 0.929 bits per heavy atom. The maximum atomic E-state index is 13.7. The Hall–Kier alpha value is 0.0700. The van der Waals surface area contributed by atoms with E-state index in [-0.39, 0.29) is 18.8 Å². The van der Waals surface area contributed by atoms with Gasteiger partial charge in [0.15, 0.2) is 0 Å². The van der Waals surface area contributed by atoms with E-state index in [9.17, 15) is 8.78 Å². The Labute approximate surface area is 89.2 Å². The second kappa shape index (κ2) is 4.29. The predicted octanol–water partition coefficient (Wildman–Crippen LogP) is 1.55. The Morgan fingerprint density at radius 3 is 2.14 bits per heavy atom. The van der Waals surface area contributed by atoms with Crippen LogP contribution in [0.15, 0.2) is 0 Å². The molecule has 0 atom stereocenters. The lowest BCUT2D eigenvalue weighted by atomic mass is 9.78. The summed E-state index contributed by atoms with van der Waals surface area (Å²) in [5.41, 5.74) is -0.892. The van der Waals surface area contributed by atoms with Crippen LogP contribution in [0, 0.1) is 0 Å². The van der Waals surface area contributed by atoms with Crippen LogP contribution in [-0.2, 0) is 0 Å². The van der Waals surface area contributed by atoms with Crippen LogP contribution in [0.1, 0.15) is 25.7 Å². The molecule has 1 spiro atoms. The minimum absolute atomic E-state index is 0. The van der Waals surface area contributed by atoms with Gasteiger partial charge in [-0.05, 0) is 38.9 Å². The van der Waals surface area contributed by atoms with Crippen molar-refractivity contribution in [3.8, 4) is 0 Å². The Bertz CT molecular complexity index is 185. The summed E-state index contributed by atoms with van der Waals surface area (Å²) < 4.78 is 27.3. The molecule has 0 bridgehead atoms. The van der Waals surface area contributed by atoms with Gasteiger partial charge < -0.3 is 10.6 Å². The molecule has 2 N–H and O–H groups in total. The molecule has 2 aliphatic heterocycles. The van der Waals surface area contributed by atoms with Crippen molar-refractivity contribution in [2.45, 2.75) is 37.1 Å². The molecule has 0 aromatic carbocycles. The summed E-state index contributed by atoms with van der Waals surface area (Å²) >= 11 is 0. The molecule has 84 valence electrons. The highest BCUT2D eigenvalue weighted by molar-refractivity contribution is 5.85. The van der Waals surface area contributed by atoms with Gasteiger partial charge in [-0.3, -0.25) is 0 Å². The van der Waals surface area contributed by atoms with Crippen LogP contribution in [0.5, 0.6) is 0 Å². The molecule has 2 rings (SSSR count). The number of alkyl halides is 2. The Balaban J connectivity index is 0.000000980. The quantitative estimate of drug-likeness (QED) is 0.655. The molecular formula is C9H17ClF2N2. The molecule has 0 saturated carbocycles. The monoisotopic (exact) mass is 226 g/mol. The van der Waals surface area contributed by atoms with Crippen LogP contribution in [-0.4, -0.2) is 31.1 Å². The Kier molecular flexibility index (Phi) is 3.72. The number of piperidine rings is 2. The van der Waals surface area contributed by atoms with Crippen molar-refractivity contribution < 1.29 is 8.78 Å². The predicted molar refractivity (Wildman–Crippen MR) is 54.3 cm³/mol. The zero-order valence-corrected chi connectivity index (χ0v) is 8.93. The fourth-order valence-electron chi connectivity index (χ4n) is 2.40. The van der Waals surface area contributed by atoms with Gasteiger partial charge in [-0.2, -0.15) is 0 Å². The normalized spacial score (nSPS) is 29.6. The van der Waals surface area contributed by atoms with Gasteiger partial charge in [0.2, 0.25) is 0 Å². The molecule has 2 saturated heterocycles. The van der Waals surface area contributed by atoms with E-state index >= 15 is 0 Å². The molecule has 0 aromatic heterocycles. The summed E-state index contributed by atoms with van der Waals surface area (Å²) in [5.74, 6) is -2.51. The number of hydrogen-bond donors (Lipinski definition) is 2. The summed E-state index contributed by atoms with van der Waals surface area (Å²) in [6.45, 7) is 2.17. The lowest BCUT2D eigenvalue weighted by Gasteiger charge is -2.47. The molecule has 0 unspecified atom stereocenters. The minimum atomic E-state index is -2.51. The van der Waals surface area contributed by atoms with Gasteiger partial charge in [-0.25, -0.2) is 8.78 Å². The first kappa shape index (κ1) is 12.1. The first-order valence-electron chi connectivity index (χ1n) is 5.00. The second-order valence-corrected chi connectivity index (χ2v) is 4.07. The maximum absolute atomic E-state index is 13.7. The molecule has 14 heavy (non-hydrogen) atoms. The smallest absolute Gasteiger partial charge is 0.266 e. The van der Waals surface area contributed by atoms with E-state index in [0.29, 0.717) is 32.4 Å². The van der Waals surface area contributed by atoms with E-state index in [0.717, 1.165) is 6.54 Å². The number of halogens is 3. The topological polar surface area (TPSA) is 24.1 Å². The standard InChI is InChI=1S/C9H16F2N2.ClH/c10-9(11)2-1-5-13-8(9)3-6-12-7-4-8;/h12-13H,1-7H2;1H. The lowest BCUT2D eigenvalue weighted by Crippen LogP contribution is -2.65. The third-order valence-corrected chi connectivity index (χ3v) is 3.29. The van der Waals surface area contributed by atoms with Crippen molar-refractivity contribution in [2.24, 2.45) is 0 Å². The Morgan fingerprint density at radius 2 is 1.57 bits per heavy atom. The second-order valence-electron chi connectivity index (χ2n) is 4.07. The van der Waals surface area contributed by atoms with E-state index in [1.165, 1.54) is 0 Å². The maximum Gasteiger partial charge on any atom is 0.266 e. The van der Waals surface area contributed by atoms with Crippen LogP contribution in [0.4, 0.5) is 8.78 Å². The average molecular weight is 227 g/mol. The van der Waals surface area contributed by atoms with E-state index in [2.05, 4.69) is 10.6 Å². The molecule has 0 radical (unpaired) electrons. The van der Waals surface area contributed by atoms with Crippen LogP contribution in [0.3, 0.4) is 0 Å². The zero-order chi connectivity index (χ0) is 9.36. The molecular weight excluding hydrogens is 210 g/mol. The molecule has 0 aliphatic carbocycles. The summed E-state index contributed by atoms with van der Waals surface area (Å²) in [5, 5.41) is 6.16. The van der Waals surface area contributed by atoms with Gasteiger partial charge in [0.1, 0.15) is 0 Å². The van der Waals surface area contributed by atoms with Gasteiger partial charge in [0, 0.05) is 6.42 Å². The highest BCUT2D eigenvalue weighted by atomic mass is 35.5. The van der Waals surface area contributed by atoms with Crippen LogP contribution in [0.2, 0.25) is 0 Å². The number of rotatable bonds is 0. The fourth-order valence-corrected chi connectivity index (χ4v) is 2.40. The van der Waals surface area contributed by atoms with Crippen molar-refractivity contribution in [3.05, 3.63) is 0 Å². The van der Waals surface area contributed by atoms with Crippen molar-refractivity contribution >= 4 is 12.4 Å². The molecule has 0 aromatic rings. The van der Waals surface area contributed by atoms with Gasteiger partial charge >= 0.3 is 0 Å². The molecule has 5 heteroatoms. The first-order valence-corrected chi connectivity index (χ1v) is 5.00. The SMILES string of the molecule is Cl.FC1(F)CCCNC12CCNCC2. The van der Waals surface area contributed by atoms with E-state index < -0.39 is 11.5 Å². The van der Waals surface area contributed by atoms with Crippen molar-refractivity contribution in [1.29, 1.82) is 0 Å². The van der Waals surface area contributed by atoms with Crippen LogP contribution < -0.4 is 10.6 Å². The molecule has 2 nitrogen and oxygen atoms in total. The van der Waals surface area contributed by atoms with Crippen molar-refractivity contribution in [3.63, 3.8) is 0 Å². The van der Waals surface area contributed by atoms with E-state index in [1.54, 1.807) is 0 Å². The first-order chi connectivity index (χ1) is 6.16. The molecule has 2 aliphatic rings. The largest absolute Gasteiger partial charge is 0.317 e. The van der Waals surface area contributed by atoms with Crippen molar-refractivity contribution in [2.75, 3.05) is 19.6 Å². The van der Waals surface area contributed by atoms with Gasteiger partial charge in [-0.1, -0.05) is 0 Å². The minimum Gasteiger partial charge on any atom is -0.317 e. The summed E-state index contributed by atoms with van der Waals surface area (Å²) in [4.78, 5) is 0. The van der Waals surface area contributed by atoms with Crippen LogP contribution >= 0.6 is 12.4 Å². The lowest BCUT2D eigenvalue weighted by molar-refractivity contribution is -0.124. The molecule has 0 amide bonds. The molecule has 2 fully saturated rings. The molecule has 2 heterocycles. The van der Waals surface area contributed by atoms with Gasteiger partial charge in [0.25, 0.3) is 5.92 Å². The van der Waals surface area contributed by atoms with E-state index in [4.69, 9.17) is 0 Å². The summed E-state index contributed by atoms with van der Waals surface area (Å²) in [7, 11) is 0. The third-order valence-electron chi connectivity index (χ3n) is 3.29. The fraction of sp³-hybridized carbons (Fsp3) is 1.00. The highest BCUT2D eigenvalue weighted by Gasteiger charge is 2.54. The van der Waals surface area contributed by atoms with Gasteiger partial charge in [0.05, 0.1) is 5.54 Å². The highest BCUT2D eigenvalue weighted by Crippen LogP contribution is 2.41. The van der Waals surface area contributed by atoms with Crippen LogP contribution in [0.25, 0.3) is 0 Å². The summed E-state index contributed by atoms with van der Waals surface area (Å²) in [6.07, 6.45) is 1.77. The number of nitrogens with one attached hydrogen (secondary N) is 2. The average Bonchev–Trinajstić information content (AvgIpc) is 2.12. The summed E-state index contributed by atoms with van der Waals surface area (Å²) in [6, 6.07) is 0. The number of hydrogen-bond acceptors (Lipinski definition) is 2. The van der Waals surface area contributed by atoms with Crippen molar-refractivity contribution in [1.82, 2.24) is 10.6 Å². The zero-order valence-electron chi connectivity index (χ0n) is 8.11. The third kappa shape index (κ3) is 1.88. The van der Waals surface area contributed by atoms with Gasteiger partial charge in [-0.15, -0.1) is 12.4 Å².